The van der Waals surface area contributed by atoms with Crippen molar-refractivity contribution >= 4 is 57.5 Å². The van der Waals surface area contributed by atoms with Crippen LogP contribution in [0.4, 0.5) is 17.1 Å². The van der Waals surface area contributed by atoms with Crippen LogP contribution in [0, 0.1) is 0 Å². The van der Waals surface area contributed by atoms with E-state index in [4.69, 9.17) is 0 Å². The SMILES string of the molecule is CCN(CC)CCCNC(=O)c1cc(NC(=O)c2ccc(NNC(C(C)=O)C(=O)Nc3ccc4[nH]c(=O)[nH]c4c3)cc2)cc(C(=O)NCCCN(CC)CC)c1. The average Bonchev–Trinajstić information content (AvgIpc) is 3.57. The maximum absolute atomic E-state index is 13.4. The number of hydrogen-bond donors (Lipinski definition) is 8. The summed E-state index contributed by atoms with van der Waals surface area (Å²) in [6, 6.07) is 14.4. The predicted octanol–water partition coefficient (Wildman–Crippen LogP) is 3.54. The number of ketones is 1. The summed E-state index contributed by atoms with van der Waals surface area (Å²) in [4.78, 5) is 86.5. The van der Waals surface area contributed by atoms with Crippen LogP contribution in [0.5, 0.6) is 0 Å². The van der Waals surface area contributed by atoms with Gasteiger partial charge in [-0.25, -0.2) is 10.2 Å². The van der Waals surface area contributed by atoms with Gasteiger partial charge in [0.05, 0.1) is 11.0 Å². The third-order valence-corrected chi connectivity index (χ3v) is 9.34. The van der Waals surface area contributed by atoms with Gasteiger partial charge in [-0.3, -0.25) is 24.0 Å². The number of fused-ring (bicyclic) bond motifs is 1. The second-order valence-electron chi connectivity index (χ2n) is 13.2. The van der Waals surface area contributed by atoms with E-state index in [2.05, 4.69) is 79.6 Å². The van der Waals surface area contributed by atoms with Crippen molar-refractivity contribution in [1.29, 1.82) is 0 Å². The molecule has 0 saturated heterocycles. The lowest BCUT2D eigenvalue weighted by Crippen LogP contribution is -2.48. The maximum atomic E-state index is 13.4. The molecule has 4 aromatic rings. The zero-order valence-electron chi connectivity index (χ0n) is 32.8. The Labute approximate surface area is 326 Å². The Morgan fingerprint density at radius 2 is 1.14 bits per heavy atom. The van der Waals surface area contributed by atoms with Crippen LogP contribution in [-0.4, -0.2) is 108 Å². The summed E-state index contributed by atoms with van der Waals surface area (Å²) < 4.78 is 0. The number of carbonyl (C=O) groups excluding carboxylic acids is 5. The van der Waals surface area contributed by atoms with Crippen molar-refractivity contribution in [1.82, 2.24) is 35.8 Å². The van der Waals surface area contributed by atoms with Crippen molar-refractivity contribution < 1.29 is 24.0 Å². The second-order valence-corrected chi connectivity index (χ2v) is 13.2. The molecule has 0 radical (unpaired) electrons. The van der Waals surface area contributed by atoms with Gasteiger partial charge in [0.25, 0.3) is 23.6 Å². The van der Waals surface area contributed by atoms with E-state index in [9.17, 15) is 28.8 Å². The molecule has 0 aliphatic carbocycles. The molecule has 0 aliphatic heterocycles. The van der Waals surface area contributed by atoms with Crippen LogP contribution in [-0.2, 0) is 9.59 Å². The van der Waals surface area contributed by atoms with Crippen LogP contribution in [0.25, 0.3) is 11.0 Å². The molecule has 4 amide bonds. The van der Waals surface area contributed by atoms with Crippen LogP contribution >= 0.6 is 0 Å². The number of carbonyl (C=O) groups is 5. The highest BCUT2D eigenvalue weighted by atomic mass is 16.2. The fraction of sp³-hybridized carbons (Fsp3) is 0.400. The number of hydrazine groups is 1. The average molecular weight is 771 g/mol. The number of aromatic nitrogens is 2. The van der Waals surface area contributed by atoms with Gasteiger partial charge in [-0.1, -0.05) is 27.7 Å². The van der Waals surface area contributed by atoms with Gasteiger partial charge in [-0.2, -0.15) is 0 Å². The number of nitrogens with one attached hydrogen (secondary N) is 8. The summed E-state index contributed by atoms with van der Waals surface area (Å²) >= 11 is 0. The van der Waals surface area contributed by atoms with E-state index in [-0.39, 0.29) is 39.9 Å². The number of benzene rings is 3. The molecular weight excluding hydrogens is 717 g/mol. The van der Waals surface area contributed by atoms with Crippen molar-refractivity contribution in [2.45, 2.75) is 53.5 Å². The van der Waals surface area contributed by atoms with Crippen molar-refractivity contribution in [2.24, 2.45) is 0 Å². The summed E-state index contributed by atoms with van der Waals surface area (Å²) in [5, 5.41) is 11.3. The first-order valence-electron chi connectivity index (χ1n) is 19.1. The normalized spacial score (nSPS) is 11.7. The number of anilines is 3. The molecule has 0 spiro atoms. The summed E-state index contributed by atoms with van der Waals surface area (Å²) in [6.45, 7) is 15.9. The first-order valence-corrected chi connectivity index (χ1v) is 19.1. The Balaban J connectivity index is 1.40. The first-order chi connectivity index (χ1) is 26.9. The van der Waals surface area contributed by atoms with Crippen molar-refractivity contribution in [2.75, 3.05) is 68.4 Å². The van der Waals surface area contributed by atoms with Gasteiger partial charge >= 0.3 is 5.69 Å². The highest BCUT2D eigenvalue weighted by Gasteiger charge is 2.23. The summed E-state index contributed by atoms with van der Waals surface area (Å²) in [6.07, 6.45) is 1.53. The lowest BCUT2D eigenvalue weighted by Gasteiger charge is -2.18. The predicted molar refractivity (Wildman–Crippen MR) is 219 cm³/mol. The molecule has 0 aliphatic rings. The number of hydrogen-bond acceptors (Lipinski definition) is 10. The minimum absolute atomic E-state index is 0.244. The van der Waals surface area contributed by atoms with Gasteiger partial charge in [-0.05, 0) is 120 Å². The fourth-order valence-corrected chi connectivity index (χ4v) is 6.00. The molecule has 4 rings (SSSR count). The molecule has 3 aromatic carbocycles. The highest BCUT2D eigenvalue weighted by molar-refractivity contribution is 6.10. The zero-order chi connectivity index (χ0) is 40.6. The molecule has 0 fully saturated rings. The monoisotopic (exact) mass is 770 g/mol. The fourth-order valence-electron chi connectivity index (χ4n) is 6.00. The smallest absolute Gasteiger partial charge is 0.323 e. The molecule has 1 heterocycles. The number of Topliss-reactive ketones (excluding diaryl/α,β-unsaturated/α-hetero) is 1. The number of rotatable bonds is 22. The number of H-pyrrole nitrogens is 2. The third-order valence-electron chi connectivity index (χ3n) is 9.34. The molecule has 1 aromatic heterocycles. The molecule has 0 saturated carbocycles. The largest absolute Gasteiger partial charge is 0.352 e. The van der Waals surface area contributed by atoms with E-state index < -0.39 is 23.6 Å². The number of nitrogens with zero attached hydrogens (tertiary/aromatic N) is 2. The van der Waals surface area contributed by atoms with Crippen LogP contribution in [0.3, 0.4) is 0 Å². The quantitative estimate of drug-likeness (QED) is 0.0331. The molecule has 1 atom stereocenters. The Morgan fingerprint density at radius 1 is 0.607 bits per heavy atom. The lowest BCUT2D eigenvalue weighted by molar-refractivity contribution is -0.127. The van der Waals surface area contributed by atoms with Gasteiger partial charge in [0.2, 0.25) is 0 Å². The number of aromatic amines is 2. The molecule has 1 unspecified atom stereocenters. The minimum atomic E-state index is -1.26. The van der Waals surface area contributed by atoms with Crippen LogP contribution in [0.2, 0.25) is 0 Å². The van der Waals surface area contributed by atoms with Crippen molar-refractivity contribution in [3.8, 4) is 0 Å². The molecule has 56 heavy (non-hydrogen) atoms. The van der Waals surface area contributed by atoms with E-state index in [1.807, 2.05) is 0 Å². The van der Waals surface area contributed by atoms with E-state index in [0.29, 0.717) is 35.5 Å². The summed E-state index contributed by atoms with van der Waals surface area (Å²) in [7, 11) is 0. The van der Waals surface area contributed by atoms with Gasteiger partial charge in [-0.15, -0.1) is 0 Å². The van der Waals surface area contributed by atoms with Crippen molar-refractivity contribution in [3.05, 3.63) is 87.8 Å². The Hall–Kier alpha value is -5.84. The molecule has 0 bridgehead atoms. The van der Waals surface area contributed by atoms with Crippen molar-refractivity contribution in [3.63, 3.8) is 0 Å². The Bertz CT molecular complexity index is 1970. The zero-order valence-corrected chi connectivity index (χ0v) is 32.8. The minimum Gasteiger partial charge on any atom is -0.352 e. The van der Waals surface area contributed by atoms with Gasteiger partial charge < -0.3 is 46.5 Å². The first kappa shape index (κ1) is 42.9. The van der Waals surface area contributed by atoms with E-state index in [1.165, 1.54) is 25.1 Å². The van der Waals surface area contributed by atoms with Gasteiger partial charge in [0.1, 0.15) is 0 Å². The second kappa shape index (κ2) is 21.3. The third kappa shape index (κ3) is 12.6. The topological polar surface area (TPSA) is 213 Å². The molecular formula is C40H54N10O6. The van der Waals surface area contributed by atoms with Crippen LogP contribution < -0.4 is 37.8 Å². The standard InChI is InChI=1S/C40H54N10O6/c1-6-49(7-2)20-10-18-41-36(52)28-22-29(37(53)42-19-11-21-50(8-3)9-4)24-32(23-28)44-38(54)27-12-14-30(15-13-27)47-48-35(26(5)51)39(55)43-31-16-17-33-34(25-31)46-40(56)45-33/h12-17,22-25,35,47-48H,6-11,18-21H2,1-5H3,(H,41,52)(H,42,53)(H,43,55)(H,44,54)(H2,45,46,56). The van der Waals surface area contributed by atoms with Crippen LogP contribution in [0.15, 0.2) is 65.5 Å². The highest BCUT2D eigenvalue weighted by Crippen LogP contribution is 2.19. The Kier molecular flexibility index (Phi) is 16.3. The summed E-state index contributed by atoms with van der Waals surface area (Å²) in [5.74, 6) is -2.26. The Morgan fingerprint density at radius 3 is 1.68 bits per heavy atom. The van der Waals surface area contributed by atoms with E-state index >= 15 is 0 Å². The van der Waals surface area contributed by atoms with E-state index in [0.717, 1.165) is 52.1 Å². The molecule has 16 heteroatoms. The van der Waals surface area contributed by atoms with Gasteiger partial charge in [0, 0.05) is 46.8 Å². The number of imidazole rings is 1. The molecule has 300 valence electrons. The molecule has 8 N–H and O–H groups in total. The number of amides is 4. The van der Waals surface area contributed by atoms with Gasteiger partial charge in [0.15, 0.2) is 11.8 Å². The van der Waals surface area contributed by atoms with Crippen LogP contribution in [0.1, 0.15) is 78.5 Å². The lowest BCUT2D eigenvalue weighted by atomic mass is 10.1. The summed E-state index contributed by atoms with van der Waals surface area (Å²) in [5.41, 5.74) is 8.15. The van der Waals surface area contributed by atoms with E-state index in [1.54, 1.807) is 42.5 Å². The molecule has 16 nitrogen and oxygen atoms in total. The maximum Gasteiger partial charge on any atom is 0.323 e.